The van der Waals surface area contributed by atoms with Crippen LogP contribution < -0.4 is 10.2 Å². The van der Waals surface area contributed by atoms with Gasteiger partial charge in [-0.25, -0.2) is 0 Å². The van der Waals surface area contributed by atoms with Gasteiger partial charge in [0.25, 0.3) is 0 Å². The van der Waals surface area contributed by atoms with Gasteiger partial charge >= 0.3 is 0 Å². The Kier molecular flexibility index (Phi) is 5.44. The van der Waals surface area contributed by atoms with Crippen LogP contribution in [-0.2, 0) is 11.3 Å². The molecule has 0 radical (unpaired) electrons. The molecule has 1 heterocycles. The first-order chi connectivity index (χ1) is 13.2. The van der Waals surface area contributed by atoms with E-state index >= 15 is 0 Å². The van der Waals surface area contributed by atoms with Gasteiger partial charge in [-0.1, -0.05) is 48.5 Å². The molecule has 1 amide bonds. The van der Waals surface area contributed by atoms with Crippen LogP contribution >= 0.6 is 0 Å². The highest BCUT2D eigenvalue weighted by Gasteiger charge is 2.37. The van der Waals surface area contributed by atoms with E-state index in [1.54, 1.807) is 6.92 Å². The molecular weight excluding hydrogens is 334 g/mol. The van der Waals surface area contributed by atoms with Gasteiger partial charge in [-0.3, -0.25) is 4.79 Å². The fourth-order valence-corrected chi connectivity index (χ4v) is 4.20. The largest absolute Gasteiger partial charge is 0.368 e. The first-order valence-corrected chi connectivity index (χ1v) is 10.1. The van der Waals surface area contributed by atoms with Crippen molar-refractivity contribution in [3.63, 3.8) is 0 Å². The Hall–Kier alpha value is -2.33. The number of amides is 1. The highest BCUT2D eigenvalue weighted by atomic mass is 16.2. The Morgan fingerprint density at radius 3 is 2.44 bits per heavy atom. The predicted molar refractivity (Wildman–Crippen MR) is 110 cm³/mol. The van der Waals surface area contributed by atoms with Crippen LogP contribution in [0.3, 0.4) is 0 Å². The molecule has 1 N–H and O–H groups in total. The van der Waals surface area contributed by atoms with Gasteiger partial charge in [0.1, 0.15) is 0 Å². The Bertz CT molecular complexity index is 768. The van der Waals surface area contributed by atoms with Crippen LogP contribution in [0.1, 0.15) is 30.4 Å². The van der Waals surface area contributed by atoms with Crippen LogP contribution in [-0.4, -0.2) is 43.5 Å². The van der Waals surface area contributed by atoms with Crippen LogP contribution in [0.25, 0.3) is 0 Å². The summed E-state index contributed by atoms with van der Waals surface area (Å²) in [5.74, 6) is 1.68. The Morgan fingerprint density at radius 1 is 1.00 bits per heavy atom. The van der Waals surface area contributed by atoms with Gasteiger partial charge in [-0.2, -0.15) is 0 Å². The SMILES string of the molecule is CC(=O)N1CCN(c2ccccc2CNC[C@H]2C[C@@H]2c2ccccc2)CC1. The number of rotatable bonds is 6. The van der Waals surface area contributed by atoms with E-state index in [2.05, 4.69) is 64.8 Å². The van der Waals surface area contributed by atoms with Crippen molar-refractivity contribution < 1.29 is 4.79 Å². The number of hydrogen-bond donors (Lipinski definition) is 1. The number of anilines is 1. The third-order valence-electron chi connectivity index (χ3n) is 5.93. The first-order valence-electron chi connectivity index (χ1n) is 10.1. The molecule has 142 valence electrons. The maximum Gasteiger partial charge on any atom is 0.219 e. The van der Waals surface area contributed by atoms with E-state index in [0.717, 1.165) is 51.1 Å². The fourth-order valence-electron chi connectivity index (χ4n) is 4.20. The second-order valence-corrected chi connectivity index (χ2v) is 7.77. The van der Waals surface area contributed by atoms with E-state index in [0.29, 0.717) is 0 Å². The van der Waals surface area contributed by atoms with Crippen LogP contribution in [0.2, 0.25) is 0 Å². The van der Waals surface area contributed by atoms with Crippen molar-refractivity contribution in [2.75, 3.05) is 37.6 Å². The van der Waals surface area contributed by atoms with Gasteiger partial charge in [0.2, 0.25) is 5.91 Å². The lowest BCUT2D eigenvalue weighted by Crippen LogP contribution is -2.48. The minimum Gasteiger partial charge on any atom is -0.368 e. The molecule has 2 fully saturated rings. The van der Waals surface area contributed by atoms with E-state index in [1.165, 1.54) is 23.2 Å². The summed E-state index contributed by atoms with van der Waals surface area (Å²) in [5, 5.41) is 3.68. The normalized spacial score (nSPS) is 22.0. The summed E-state index contributed by atoms with van der Waals surface area (Å²) in [6, 6.07) is 19.5. The van der Waals surface area contributed by atoms with Crippen molar-refractivity contribution in [2.24, 2.45) is 5.92 Å². The molecule has 0 bridgehead atoms. The van der Waals surface area contributed by atoms with Gasteiger partial charge in [-0.15, -0.1) is 0 Å². The molecule has 0 unspecified atom stereocenters. The summed E-state index contributed by atoms with van der Waals surface area (Å²) >= 11 is 0. The maximum absolute atomic E-state index is 11.5. The number of hydrogen-bond acceptors (Lipinski definition) is 3. The van der Waals surface area contributed by atoms with Crippen molar-refractivity contribution in [3.8, 4) is 0 Å². The zero-order valence-corrected chi connectivity index (χ0v) is 16.1. The Balaban J connectivity index is 1.30. The van der Waals surface area contributed by atoms with Gasteiger partial charge in [-0.05, 0) is 42.0 Å². The number of benzene rings is 2. The van der Waals surface area contributed by atoms with Crippen LogP contribution in [0.15, 0.2) is 54.6 Å². The van der Waals surface area contributed by atoms with Crippen molar-refractivity contribution in [1.82, 2.24) is 10.2 Å². The second kappa shape index (κ2) is 8.13. The molecule has 0 spiro atoms. The topological polar surface area (TPSA) is 35.6 Å². The van der Waals surface area contributed by atoms with Gasteiger partial charge in [0.05, 0.1) is 0 Å². The average molecular weight is 364 g/mol. The van der Waals surface area contributed by atoms with Crippen molar-refractivity contribution in [2.45, 2.75) is 25.8 Å². The summed E-state index contributed by atoms with van der Waals surface area (Å²) in [6.07, 6.45) is 1.30. The number of nitrogens with zero attached hydrogens (tertiary/aromatic N) is 2. The van der Waals surface area contributed by atoms with E-state index in [1.807, 2.05) is 4.90 Å². The number of piperazine rings is 1. The minimum absolute atomic E-state index is 0.182. The van der Waals surface area contributed by atoms with Crippen molar-refractivity contribution in [1.29, 1.82) is 0 Å². The monoisotopic (exact) mass is 363 g/mol. The molecule has 0 aromatic heterocycles. The number of carbonyl (C=O) groups is 1. The van der Waals surface area contributed by atoms with E-state index in [9.17, 15) is 4.79 Å². The third-order valence-corrected chi connectivity index (χ3v) is 5.93. The molecule has 2 atom stereocenters. The van der Waals surface area contributed by atoms with Crippen LogP contribution in [0.4, 0.5) is 5.69 Å². The minimum atomic E-state index is 0.182. The standard InChI is InChI=1S/C23H29N3O/c1-18(27)25-11-13-26(14-12-25)23-10-6-5-9-20(23)16-24-17-21-15-22(21)19-7-3-2-4-8-19/h2-10,21-22,24H,11-17H2,1H3/t21-,22-/m1/s1. The van der Waals surface area contributed by atoms with Gasteiger partial charge < -0.3 is 15.1 Å². The van der Waals surface area contributed by atoms with E-state index in [-0.39, 0.29) is 5.91 Å². The summed E-state index contributed by atoms with van der Waals surface area (Å²) < 4.78 is 0. The first kappa shape index (κ1) is 18.1. The molecule has 2 aliphatic rings. The quantitative estimate of drug-likeness (QED) is 0.856. The van der Waals surface area contributed by atoms with Gasteiger partial charge in [0, 0.05) is 45.3 Å². The smallest absolute Gasteiger partial charge is 0.219 e. The molecule has 1 saturated heterocycles. The zero-order valence-electron chi connectivity index (χ0n) is 16.1. The van der Waals surface area contributed by atoms with E-state index < -0.39 is 0 Å². The molecular formula is C23H29N3O. The number of nitrogens with one attached hydrogen (secondary N) is 1. The Labute approximate surface area is 162 Å². The highest BCUT2D eigenvalue weighted by Crippen LogP contribution is 2.46. The van der Waals surface area contributed by atoms with Crippen molar-refractivity contribution in [3.05, 3.63) is 65.7 Å². The Morgan fingerprint density at radius 2 is 1.70 bits per heavy atom. The third kappa shape index (κ3) is 4.33. The summed E-state index contributed by atoms with van der Waals surface area (Å²) in [5.41, 5.74) is 4.14. The summed E-state index contributed by atoms with van der Waals surface area (Å²) in [6.45, 7) is 7.10. The van der Waals surface area contributed by atoms with Crippen LogP contribution in [0.5, 0.6) is 0 Å². The van der Waals surface area contributed by atoms with Gasteiger partial charge in [0.15, 0.2) is 0 Å². The van der Waals surface area contributed by atoms with Crippen LogP contribution in [0, 0.1) is 5.92 Å². The molecule has 27 heavy (non-hydrogen) atoms. The highest BCUT2D eigenvalue weighted by molar-refractivity contribution is 5.73. The fraction of sp³-hybridized carbons (Fsp3) is 0.435. The van der Waals surface area contributed by atoms with Crippen molar-refractivity contribution >= 4 is 11.6 Å². The molecule has 1 aliphatic heterocycles. The molecule has 2 aromatic carbocycles. The number of carbonyl (C=O) groups excluding carboxylic acids is 1. The second-order valence-electron chi connectivity index (χ2n) is 7.77. The molecule has 2 aromatic rings. The zero-order chi connectivity index (χ0) is 18.6. The average Bonchev–Trinajstić information content (AvgIpc) is 3.49. The molecule has 4 heteroatoms. The lowest BCUT2D eigenvalue weighted by Gasteiger charge is -2.36. The molecule has 1 saturated carbocycles. The lowest BCUT2D eigenvalue weighted by molar-refractivity contribution is -0.129. The predicted octanol–water partition coefficient (Wildman–Crippen LogP) is 3.25. The molecule has 4 nitrogen and oxygen atoms in total. The molecule has 1 aliphatic carbocycles. The van der Waals surface area contributed by atoms with E-state index in [4.69, 9.17) is 0 Å². The lowest BCUT2D eigenvalue weighted by atomic mass is 10.1. The maximum atomic E-state index is 11.5. The molecule has 4 rings (SSSR count). The summed E-state index contributed by atoms with van der Waals surface area (Å²) in [4.78, 5) is 15.9. The number of para-hydroxylation sites is 1. The summed E-state index contributed by atoms with van der Waals surface area (Å²) in [7, 11) is 0.